The summed E-state index contributed by atoms with van der Waals surface area (Å²) in [5.41, 5.74) is 5.56. The van der Waals surface area contributed by atoms with E-state index in [4.69, 9.17) is 0 Å². The third-order valence-corrected chi connectivity index (χ3v) is 4.63. The van der Waals surface area contributed by atoms with Crippen LogP contribution in [0.5, 0.6) is 0 Å². The van der Waals surface area contributed by atoms with E-state index in [1.807, 2.05) is 48.5 Å². The van der Waals surface area contributed by atoms with Gasteiger partial charge in [-0.3, -0.25) is 9.79 Å². The molecule has 0 saturated carbocycles. The molecule has 0 fully saturated rings. The lowest BCUT2D eigenvalue weighted by molar-refractivity contribution is 0.0954. The minimum absolute atomic E-state index is 0.103. The van der Waals surface area contributed by atoms with Crippen LogP contribution in [0.2, 0.25) is 0 Å². The zero-order valence-corrected chi connectivity index (χ0v) is 15.4. The minimum atomic E-state index is -0.103. The summed E-state index contributed by atoms with van der Waals surface area (Å²) in [6.07, 6.45) is 5.95. The highest BCUT2D eigenvalue weighted by Crippen LogP contribution is 2.23. The molecular formula is C23H20N4O. The van der Waals surface area contributed by atoms with Crippen molar-refractivity contribution in [3.63, 3.8) is 0 Å². The first-order chi connectivity index (χ1) is 13.8. The lowest BCUT2D eigenvalue weighted by atomic mass is 10.00. The van der Waals surface area contributed by atoms with Crippen molar-refractivity contribution < 1.29 is 4.79 Å². The van der Waals surface area contributed by atoms with E-state index in [2.05, 4.69) is 38.5 Å². The molecule has 5 heteroatoms. The van der Waals surface area contributed by atoms with E-state index in [1.165, 1.54) is 6.33 Å². The normalized spacial score (nSPS) is 13.0. The van der Waals surface area contributed by atoms with Gasteiger partial charge < -0.3 is 5.32 Å². The Morgan fingerprint density at radius 2 is 1.82 bits per heavy atom. The van der Waals surface area contributed by atoms with E-state index < -0.39 is 0 Å². The average Bonchev–Trinajstić information content (AvgIpc) is 3.25. The maximum Gasteiger partial charge on any atom is 0.251 e. The maximum atomic E-state index is 12.7. The van der Waals surface area contributed by atoms with Crippen LogP contribution in [-0.2, 0) is 6.42 Å². The summed E-state index contributed by atoms with van der Waals surface area (Å²) in [7, 11) is 0. The molecule has 28 heavy (non-hydrogen) atoms. The van der Waals surface area contributed by atoms with Crippen molar-refractivity contribution in [3.8, 4) is 0 Å². The number of aliphatic imine (C=N–C) groups is 1. The molecule has 0 radical (unpaired) electrons. The second kappa shape index (κ2) is 8.39. The molecule has 1 aliphatic rings. The minimum Gasteiger partial charge on any atom is -0.352 e. The van der Waals surface area contributed by atoms with Crippen LogP contribution >= 0.6 is 0 Å². The van der Waals surface area contributed by atoms with Crippen molar-refractivity contribution in [1.29, 1.82) is 0 Å². The molecule has 2 aromatic carbocycles. The number of allylic oxidation sites excluding steroid dienone is 1. The molecule has 3 aromatic rings. The van der Waals surface area contributed by atoms with Gasteiger partial charge in [0.15, 0.2) is 0 Å². The van der Waals surface area contributed by atoms with E-state index in [-0.39, 0.29) is 5.91 Å². The Hall–Kier alpha value is -3.60. The molecule has 0 atom stereocenters. The zero-order valence-electron chi connectivity index (χ0n) is 15.4. The molecule has 0 bridgehead atoms. The van der Waals surface area contributed by atoms with Crippen LogP contribution < -0.4 is 5.32 Å². The molecule has 0 saturated heterocycles. The molecule has 5 nitrogen and oxygen atoms in total. The molecule has 138 valence electrons. The molecule has 4 rings (SSSR count). The highest BCUT2D eigenvalue weighted by Gasteiger charge is 2.17. The third-order valence-electron chi connectivity index (χ3n) is 4.63. The quantitative estimate of drug-likeness (QED) is 0.726. The van der Waals surface area contributed by atoms with Gasteiger partial charge in [0.2, 0.25) is 0 Å². The van der Waals surface area contributed by atoms with Gasteiger partial charge in [0, 0.05) is 36.0 Å². The first-order valence-corrected chi connectivity index (χ1v) is 9.24. The number of carbonyl (C=O) groups is 1. The number of nitrogens with zero attached hydrogens (tertiary/aromatic N) is 3. The third kappa shape index (κ3) is 4.04. The van der Waals surface area contributed by atoms with Gasteiger partial charge in [-0.25, -0.2) is 9.97 Å². The predicted octanol–water partition coefficient (Wildman–Crippen LogP) is 3.34. The molecule has 0 unspecified atom stereocenters. The van der Waals surface area contributed by atoms with Crippen LogP contribution in [0.25, 0.3) is 5.57 Å². The number of hydrogen-bond donors (Lipinski definition) is 1. The molecule has 1 aromatic heterocycles. The Morgan fingerprint density at radius 3 is 2.64 bits per heavy atom. The van der Waals surface area contributed by atoms with Crippen molar-refractivity contribution in [2.45, 2.75) is 6.42 Å². The number of rotatable bonds is 6. The van der Waals surface area contributed by atoms with Crippen LogP contribution in [0.4, 0.5) is 0 Å². The molecule has 0 aliphatic carbocycles. The van der Waals surface area contributed by atoms with Gasteiger partial charge in [-0.1, -0.05) is 48.5 Å². The molecule has 1 aliphatic heterocycles. The first kappa shape index (κ1) is 17.8. The summed E-state index contributed by atoms with van der Waals surface area (Å²) < 4.78 is 0. The number of aromatic nitrogens is 2. The van der Waals surface area contributed by atoms with E-state index >= 15 is 0 Å². The predicted molar refractivity (Wildman–Crippen MR) is 110 cm³/mol. The lowest BCUT2D eigenvalue weighted by Gasteiger charge is -2.09. The van der Waals surface area contributed by atoms with Gasteiger partial charge in [-0.2, -0.15) is 0 Å². The lowest BCUT2D eigenvalue weighted by Crippen LogP contribution is -2.27. The highest BCUT2D eigenvalue weighted by molar-refractivity contribution is 6.19. The summed E-state index contributed by atoms with van der Waals surface area (Å²) in [5, 5.41) is 2.98. The van der Waals surface area contributed by atoms with E-state index in [0.29, 0.717) is 25.1 Å². The number of carbonyl (C=O) groups excluding carboxylic acids is 1. The van der Waals surface area contributed by atoms with Crippen LogP contribution in [-0.4, -0.2) is 34.7 Å². The summed E-state index contributed by atoms with van der Waals surface area (Å²) >= 11 is 0. The van der Waals surface area contributed by atoms with Crippen molar-refractivity contribution >= 4 is 17.2 Å². The van der Waals surface area contributed by atoms with Crippen LogP contribution in [0, 0.1) is 0 Å². The average molecular weight is 368 g/mol. The SMILES string of the molecule is O=C(NCCc1ccncn1)c1ccccc1C1=NCC(c2ccccc2)=C1. The van der Waals surface area contributed by atoms with Crippen LogP contribution in [0.15, 0.2) is 84.3 Å². The van der Waals surface area contributed by atoms with Gasteiger partial charge >= 0.3 is 0 Å². The Labute approximate surface area is 163 Å². The van der Waals surface area contributed by atoms with E-state index in [9.17, 15) is 4.79 Å². The Bertz CT molecular complexity index is 1030. The summed E-state index contributed by atoms with van der Waals surface area (Å²) in [6.45, 7) is 1.14. The number of hydrogen-bond acceptors (Lipinski definition) is 4. The molecule has 1 amide bonds. The second-order valence-electron chi connectivity index (χ2n) is 6.49. The van der Waals surface area contributed by atoms with Gasteiger partial charge in [-0.05, 0) is 29.3 Å². The summed E-state index contributed by atoms with van der Waals surface area (Å²) in [5.74, 6) is -0.103. The summed E-state index contributed by atoms with van der Waals surface area (Å²) in [6, 6.07) is 19.6. The van der Waals surface area contributed by atoms with E-state index in [1.54, 1.807) is 6.20 Å². The Kier molecular flexibility index (Phi) is 5.33. The highest BCUT2D eigenvalue weighted by atomic mass is 16.1. The number of nitrogens with one attached hydrogen (secondary N) is 1. The first-order valence-electron chi connectivity index (χ1n) is 9.24. The smallest absolute Gasteiger partial charge is 0.251 e. The number of amides is 1. The van der Waals surface area contributed by atoms with Gasteiger partial charge in [0.25, 0.3) is 5.91 Å². The van der Waals surface area contributed by atoms with Gasteiger partial charge in [-0.15, -0.1) is 0 Å². The number of benzene rings is 2. The Balaban J connectivity index is 1.48. The monoisotopic (exact) mass is 368 g/mol. The van der Waals surface area contributed by atoms with Crippen LogP contribution in [0.1, 0.15) is 27.2 Å². The standard InChI is InChI=1S/C23H20N4O/c28-23(25-13-11-19-10-12-24-16-27-19)21-9-5-4-8-20(21)22-14-18(15-26-22)17-6-2-1-3-7-17/h1-10,12,14,16H,11,13,15H2,(H,25,28). The molecule has 2 heterocycles. The van der Waals surface area contributed by atoms with Gasteiger partial charge in [0.05, 0.1) is 12.3 Å². The van der Waals surface area contributed by atoms with Crippen molar-refractivity contribution in [1.82, 2.24) is 15.3 Å². The fourth-order valence-corrected chi connectivity index (χ4v) is 3.19. The van der Waals surface area contributed by atoms with E-state index in [0.717, 1.165) is 28.1 Å². The Morgan fingerprint density at radius 1 is 1.00 bits per heavy atom. The second-order valence-corrected chi connectivity index (χ2v) is 6.49. The van der Waals surface area contributed by atoms with Crippen molar-refractivity contribution in [2.75, 3.05) is 13.1 Å². The molecular weight excluding hydrogens is 348 g/mol. The van der Waals surface area contributed by atoms with Crippen molar-refractivity contribution in [2.24, 2.45) is 4.99 Å². The fourth-order valence-electron chi connectivity index (χ4n) is 3.19. The largest absolute Gasteiger partial charge is 0.352 e. The summed E-state index contributed by atoms with van der Waals surface area (Å²) in [4.78, 5) is 25.5. The fraction of sp³-hybridized carbons (Fsp3) is 0.130. The molecule has 0 spiro atoms. The van der Waals surface area contributed by atoms with Crippen LogP contribution in [0.3, 0.4) is 0 Å². The molecule has 1 N–H and O–H groups in total. The van der Waals surface area contributed by atoms with Crippen molar-refractivity contribution in [3.05, 3.63) is 102 Å². The zero-order chi connectivity index (χ0) is 19.2. The maximum absolute atomic E-state index is 12.7. The van der Waals surface area contributed by atoms with Gasteiger partial charge in [0.1, 0.15) is 6.33 Å². The topological polar surface area (TPSA) is 67.2 Å².